The SMILES string of the molecule is OB(O)/C=C1/CCNC1. The van der Waals surface area contributed by atoms with Crippen LogP contribution in [0, 0.1) is 0 Å². The molecule has 0 spiro atoms. The maximum atomic E-state index is 8.46. The zero-order valence-electron chi connectivity index (χ0n) is 5.17. The van der Waals surface area contributed by atoms with Gasteiger partial charge in [-0.15, -0.1) is 0 Å². The molecular formula is C5H10BNO2. The fourth-order valence-corrected chi connectivity index (χ4v) is 0.939. The molecule has 1 aliphatic rings. The van der Waals surface area contributed by atoms with E-state index in [1.54, 1.807) is 0 Å². The molecule has 0 aliphatic carbocycles. The Morgan fingerprint density at radius 2 is 2.33 bits per heavy atom. The highest BCUT2D eigenvalue weighted by Crippen LogP contribution is 2.04. The predicted octanol–water partition coefficient (Wildman–Crippen LogP) is -1.08. The third-order valence-corrected chi connectivity index (χ3v) is 1.36. The van der Waals surface area contributed by atoms with Crippen LogP contribution >= 0.6 is 0 Å². The lowest BCUT2D eigenvalue weighted by molar-refractivity contribution is 0.423. The Bertz CT molecular complexity index is 116. The highest BCUT2D eigenvalue weighted by Gasteiger charge is 2.09. The summed E-state index contributed by atoms with van der Waals surface area (Å²) in [6.07, 6.45) is 0.942. The summed E-state index contributed by atoms with van der Waals surface area (Å²) in [5, 5.41) is 20.0. The minimum Gasteiger partial charge on any atom is -0.424 e. The summed E-state index contributed by atoms with van der Waals surface area (Å²) in [6.45, 7) is 1.76. The van der Waals surface area contributed by atoms with E-state index in [-0.39, 0.29) is 0 Å². The zero-order valence-corrected chi connectivity index (χ0v) is 5.17. The van der Waals surface area contributed by atoms with Crippen LogP contribution in [0.3, 0.4) is 0 Å². The van der Waals surface area contributed by atoms with Crippen molar-refractivity contribution in [1.29, 1.82) is 0 Å². The van der Waals surface area contributed by atoms with Gasteiger partial charge in [0, 0.05) is 6.54 Å². The third kappa shape index (κ3) is 2.18. The molecule has 0 aromatic rings. The molecule has 1 rings (SSSR count). The fraction of sp³-hybridized carbons (Fsp3) is 0.600. The van der Waals surface area contributed by atoms with Crippen LogP contribution in [0.25, 0.3) is 0 Å². The van der Waals surface area contributed by atoms with Crippen molar-refractivity contribution in [3.05, 3.63) is 11.5 Å². The van der Waals surface area contributed by atoms with Gasteiger partial charge in [-0.05, 0) is 13.0 Å². The minimum atomic E-state index is -1.28. The van der Waals surface area contributed by atoms with Gasteiger partial charge in [0.2, 0.25) is 0 Å². The summed E-state index contributed by atoms with van der Waals surface area (Å²) in [5.41, 5.74) is 1.09. The van der Waals surface area contributed by atoms with E-state index < -0.39 is 7.12 Å². The first-order valence-corrected chi connectivity index (χ1v) is 3.05. The van der Waals surface area contributed by atoms with Crippen molar-refractivity contribution in [3.63, 3.8) is 0 Å². The molecule has 1 fully saturated rings. The molecule has 1 aliphatic heterocycles. The van der Waals surface area contributed by atoms with Gasteiger partial charge in [-0.2, -0.15) is 0 Å². The Hall–Kier alpha value is -0.315. The lowest BCUT2D eigenvalue weighted by Crippen LogP contribution is -2.09. The Labute approximate surface area is 54.5 Å². The van der Waals surface area contributed by atoms with Gasteiger partial charge in [-0.25, -0.2) is 0 Å². The fourth-order valence-electron chi connectivity index (χ4n) is 0.939. The molecule has 1 saturated heterocycles. The van der Waals surface area contributed by atoms with E-state index >= 15 is 0 Å². The van der Waals surface area contributed by atoms with Gasteiger partial charge in [0.15, 0.2) is 0 Å². The van der Waals surface area contributed by atoms with Crippen molar-refractivity contribution in [2.75, 3.05) is 13.1 Å². The first-order chi connectivity index (χ1) is 4.29. The largest absolute Gasteiger partial charge is 0.480 e. The van der Waals surface area contributed by atoms with Gasteiger partial charge < -0.3 is 15.4 Å². The zero-order chi connectivity index (χ0) is 6.69. The molecule has 0 atom stereocenters. The predicted molar refractivity (Wildman–Crippen MR) is 35.8 cm³/mol. The second kappa shape index (κ2) is 3.01. The Kier molecular flexibility index (Phi) is 2.27. The van der Waals surface area contributed by atoms with E-state index in [9.17, 15) is 0 Å². The van der Waals surface area contributed by atoms with E-state index in [0.717, 1.165) is 25.1 Å². The Morgan fingerprint density at radius 1 is 1.56 bits per heavy atom. The van der Waals surface area contributed by atoms with Crippen LogP contribution < -0.4 is 5.32 Å². The number of hydrogen-bond donors (Lipinski definition) is 3. The van der Waals surface area contributed by atoms with E-state index in [2.05, 4.69) is 5.32 Å². The molecule has 3 nitrogen and oxygen atoms in total. The van der Waals surface area contributed by atoms with Gasteiger partial charge in [-0.3, -0.25) is 0 Å². The van der Waals surface area contributed by atoms with Crippen LogP contribution in [0.1, 0.15) is 6.42 Å². The van der Waals surface area contributed by atoms with Crippen LogP contribution in [0.15, 0.2) is 11.5 Å². The second-order valence-corrected chi connectivity index (χ2v) is 2.17. The molecule has 50 valence electrons. The van der Waals surface area contributed by atoms with E-state index in [0.29, 0.717) is 0 Å². The molecule has 1 heterocycles. The minimum absolute atomic E-state index is 0.803. The van der Waals surface area contributed by atoms with Gasteiger partial charge in [0.25, 0.3) is 0 Å². The molecule has 3 N–H and O–H groups in total. The molecule has 0 bridgehead atoms. The molecule has 0 radical (unpaired) electrons. The maximum absolute atomic E-state index is 8.46. The van der Waals surface area contributed by atoms with Crippen molar-refractivity contribution in [3.8, 4) is 0 Å². The van der Waals surface area contributed by atoms with Crippen molar-refractivity contribution < 1.29 is 10.0 Å². The van der Waals surface area contributed by atoms with E-state index in [1.807, 2.05) is 0 Å². The molecule has 0 aromatic carbocycles. The van der Waals surface area contributed by atoms with Crippen molar-refractivity contribution in [1.82, 2.24) is 5.32 Å². The number of hydrogen-bond acceptors (Lipinski definition) is 3. The van der Waals surface area contributed by atoms with Crippen LogP contribution in [-0.2, 0) is 0 Å². The average Bonchev–Trinajstić information content (AvgIpc) is 2.15. The van der Waals surface area contributed by atoms with Crippen molar-refractivity contribution >= 4 is 7.12 Å². The van der Waals surface area contributed by atoms with E-state index in [4.69, 9.17) is 10.0 Å². The van der Waals surface area contributed by atoms with Gasteiger partial charge >= 0.3 is 7.12 Å². The molecular weight excluding hydrogens is 117 g/mol. The molecule has 0 amide bonds. The van der Waals surface area contributed by atoms with Crippen LogP contribution in [0.5, 0.6) is 0 Å². The molecule has 0 unspecified atom stereocenters. The summed E-state index contributed by atoms with van der Waals surface area (Å²) in [4.78, 5) is 0. The van der Waals surface area contributed by atoms with E-state index in [1.165, 1.54) is 5.98 Å². The average molecular weight is 127 g/mol. The number of nitrogens with one attached hydrogen (secondary N) is 1. The lowest BCUT2D eigenvalue weighted by atomic mass is 9.88. The Balaban J connectivity index is 2.39. The highest BCUT2D eigenvalue weighted by molar-refractivity contribution is 6.47. The third-order valence-electron chi connectivity index (χ3n) is 1.36. The first-order valence-electron chi connectivity index (χ1n) is 3.05. The van der Waals surface area contributed by atoms with Crippen molar-refractivity contribution in [2.24, 2.45) is 0 Å². The summed E-state index contributed by atoms with van der Waals surface area (Å²) in [5.74, 6) is 1.47. The monoisotopic (exact) mass is 127 g/mol. The van der Waals surface area contributed by atoms with Crippen molar-refractivity contribution in [2.45, 2.75) is 6.42 Å². The molecule has 9 heavy (non-hydrogen) atoms. The summed E-state index contributed by atoms with van der Waals surface area (Å²) in [7, 11) is -1.28. The number of rotatable bonds is 1. The van der Waals surface area contributed by atoms with Crippen LogP contribution in [-0.4, -0.2) is 30.3 Å². The van der Waals surface area contributed by atoms with Gasteiger partial charge in [0.05, 0.1) is 0 Å². The summed E-state index contributed by atoms with van der Waals surface area (Å²) < 4.78 is 0. The first kappa shape index (κ1) is 6.80. The second-order valence-electron chi connectivity index (χ2n) is 2.17. The van der Waals surface area contributed by atoms with Gasteiger partial charge in [0.1, 0.15) is 0 Å². The Morgan fingerprint density at radius 3 is 2.78 bits per heavy atom. The van der Waals surface area contributed by atoms with Gasteiger partial charge in [-0.1, -0.05) is 11.5 Å². The summed E-state index contributed by atoms with van der Waals surface area (Å²) in [6, 6.07) is 0. The smallest absolute Gasteiger partial charge is 0.424 e. The quantitative estimate of drug-likeness (QED) is 0.392. The van der Waals surface area contributed by atoms with Crippen LogP contribution in [0.4, 0.5) is 0 Å². The highest BCUT2D eigenvalue weighted by atomic mass is 16.4. The normalized spacial score (nSPS) is 23.1. The molecule has 4 heteroatoms. The molecule has 0 saturated carbocycles. The lowest BCUT2D eigenvalue weighted by Gasteiger charge is -1.91. The maximum Gasteiger partial charge on any atom is 0.480 e. The molecule has 0 aromatic heterocycles. The van der Waals surface area contributed by atoms with Crippen LogP contribution in [0.2, 0.25) is 0 Å². The standard InChI is InChI=1S/C5H10BNO2/c8-6(9)3-5-1-2-7-4-5/h3,7-9H,1-2,4H2/b5-3-. The topological polar surface area (TPSA) is 52.5 Å². The summed E-state index contributed by atoms with van der Waals surface area (Å²) >= 11 is 0.